The van der Waals surface area contributed by atoms with Gasteiger partial charge in [0.15, 0.2) is 0 Å². The minimum atomic E-state index is -0.130. The lowest BCUT2D eigenvalue weighted by molar-refractivity contribution is -0.135. The van der Waals surface area contributed by atoms with Crippen LogP contribution in [0.2, 0.25) is 0 Å². The maximum atomic E-state index is 11.7. The zero-order valence-electron chi connectivity index (χ0n) is 14.9. The molecule has 0 saturated carbocycles. The highest BCUT2D eigenvalue weighted by atomic mass is 16.6. The van der Waals surface area contributed by atoms with Gasteiger partial charge in [0, 0.05) is 46.5 Å². The van der Waals surface area contributed by atoms with Crippen molar-refractivity contribution in [2.75, 3.05) is 40.4 Å². The Morgan fingerprint density at radius 3 is 3.08 bits per heavy atom. The van der Waals surface area contributed by atoms with Gasteiger partial charge in [-0.1, -0.05) is 0 Å². The lowest BCUT2D eigenvalue weighted by Crippen LogP contribution is -2.47. The van der Waals surface area contributed by atoms with E-state index in [1.54, 1.807) is 19.0 Å². The standard InChI is InChI=1S/C17H28N4O3/c1-19(2)16(22)12-23-14-9-17(24-11-14)5-4-7-21(13-17)10-15-18-6-8-20(15)3/h6,8,14H,4-5,7,9-13H2,1-3H3/t14-,17-/m1/s1. The maximum absolute atomic E-state index is 11.7. The van der Waals surface area contributed by atoms with Crippen LogP contribution in [0, 0.1) is 0 Å². The van der Waals surface area contributed by atoms with Gasteiger partial charge in [0.25, 0.3) is 0 Å². The van der Waals surface area contributed by atoms with Gasteiger partial charge >= 0.3 is 0 Å². The predicted octanol–water partition coefficient (Wildman–Crippen LogP) is 0.648. The van der Waals surface area contributed by atoms with Crippen LogP contribution in [0.25, 0.3) is 0 Å². The van der Waals surface area contributed by atoms with E-state index >= 15 is 0 Å². The van der Waals surface area contributed by atoms with Crippen molar-refractivity contribution < 1.29 is 14.3 Å². The Morgan fingerprint density at radius 1 is 1.54 bits per heavy atom. The van der Waals surface area contributed by atoms with Crippen LogP contribution in [0.3, 0.4) is 0 Å². The van der Waals surface area contributed by atoms with Crippen molar-refractivity contribution in [2.45, 2.75) is 37.5 Å². The minimum Gasteiger partial charge on any atom is -0.371 e. The Bertz CT molecular complexity index is 574. The van der Waals surface area contributed by atoms with E-state index in [1.807, 2.05) is 19.4 Å². The normalized spacial score (nSPS) is 27.7. The molecule has 1 spiro atoms. The van der Waals surface area contributed by atoms with Gasteiger partial charge in [0.1, 0.15) is 12.4 Å². The van der Waals surface area contributed by atoms with Gasteiger partial charge in [-0.05, 0) is 19.4 Å². The number of piperidine rings is 1. The molecule has 3 heterocycles. The summed E-state index contributed by atoms with van der Waals surface area (Å²) >= 11 is 0. The number of aryl methyl sites for hydroxylation is 1. The summed E-state index contributed by atoms with van der Waals surface area (Å²) in [5.74, 6) is 1.07. The molecule has 3 rings (SSSR count). The first-order valence-corrected chi connectivity index (χ1v) is 8.62. The second-order valence-electron chi connectivity index (χ2n) is 7.19. The third-order valence-electron chi connectivity index (χ3n) is 5.02. The van der Waals surface area contributed by atoms with Crippen LogP contribution in [0.4, 0.5) is 0 Å². The number of imidazole rings is 1. The van der Waals surface area contributed by atoms with E-state index in [9.17, 15) is 4.79 Å². The zero-order valence-corrected chi connectivity index (χ0v) is 14.9. The largest absolute Gasteiger partial charge is 0.371 e. The first kappa shape index (κ1) is 17.4. The summed E-state index contributed by atoms with van der Waals surface area (Å²) in [6.45, 7) is 3.54. The molecule has 2 fully saturated rings. The molecular weight excluding hydrogens is 308 g/mol. The second kappa shape index (κ2) is 7.21. The molecular formula is C17H28N4O3. The third-order valence-corrected chi connectivity index (χ3v) is 5.02. The Labute approximate surface area is 143 Å². The van der Waals surface area contributed by atoms with Crippen LogP contribution in [0.15, 0.2) is 12.4 Å². The van der Waals surface area contributed by atoms with Gasteiger partial charge in [0.2, 0.25) is 5.91 Å². The van der Waals surface area contributed by atoms with Crippen molar-refractivity contribution in [3.05, 3.63) is 18.2 Å². The summed E-state index contributed by atoms with van der Waals surface area (Å²) in [5.41, 5.74) is -0.130. The molecule has 2 atom stereocenters. The highest BCUT2D eigenvalue weighted by molar-refractivity contribution is 5.76. The second-order valence-corrected chi connectivity index (χ2v) is 7.19. The lowest BCUT2D eigenvalue weighted by Gasteiger charge is -2.39. The van der Waals surface area contributed by atoms with Gasteiger partial charge in [-0.15, -0.1) is 0 Å². The molecule has 1 aromatic heterocycles. The number of likely N-dealkylation sites (tertiary alicyclic amines) is 1. The molecule has 1 amide bonds. The summed E-state index contributed by atoms with van der Waals surface area (Å²) in [4.78, 5) is 20.1. The number of ether oxygens (including phenoxy) is 2. The van der Waals surface area contributed by atoms with Crippen molar-refractivity contribution in [1.82, 2.24) is 19.4 Å². The Balaban J connectivity index is 1.52. The minimum absolute atomic E-state index is 0.00370. The van der Waals surface area contributed by atoms with Crippen LogP contribution in [-0.2, 0) is 27.9 Å². The highest BCUT2D eigenvalue weighted by Gasteiger charge is 2.44. The zero-order chi connectivity index (χ0) is 17.2. The van der Waals surface area contributed by atoms with Gasteiger partial charge in [-0.25, -0.2) is 4.98 Å². The fraction of sp³-hybridized carbons (Fsp3) is 0.765. The van der Waals surface area contributed by atoms with Crippen molar-refractivity contribution in [3.63, 3.8) is 0 Å². The fourth-order valence-corrected chi connectivity index (χ4v) is 3.59. The van der Waals surface area contributed by atoms with Crippen LogP contribution in [0.1, 0.15) is 25.1 Å². The van der Waals surface area contributed by atoms with Crippen molar-refractivity contribution >= 4 is 5.91 Å². The third kappa shape index (κ3) is 3.96. The van der Waals surface area contributed by atoms with E-state index in [0.29, 0.717) is 6.61 Å². The molecule has 134 valence electrons. The van der Waals surface area contributed by atoms with E-state index in [2.05, 4.69) is 14.5 Å². The van der Waals surface area contributed by atoms with Gasteiger partial charge in [-0.3, -0.25) is 9.69 Å². The number of nitrogens with zero attached hydrogens (tertiary/aromatic N) is 4. The van der Waals surface area contributed by atoms with Crippen molar-refractivity contribution in [3.8, 4) is 0 Å². The Morgan fingerprint density at radius 2 is 2.38 bits per heavy atom. The number of rotatable bonds is 5. The first-order valence-electron chi connectivity index (χ1n) is 8.62. The number of hydrogen-bond donors (Lipinski definition) is 0. The number of aromatic nitrogens is 2. The van der Waals surface area contributed by atoms with E-state index in [-0.39, 0.29) is 24.2 Å². The molecule has 24 heavy (non-hydrogen) atoms. The molecule has 2 aliphatic rings. The topological polar surface area (TPSA) is 59.8 Å². The number of amides is 1. The smallest absolute Gasteiger partial charge is 0.248 e. The van der Waals surface area contributed by atoms with Crippen LogP contribution in [-0.4, -0.2) is 77.4 Å². The van der Waals surface area contributed by atoms with E-state index in [1.165, 1.54) is 0 Å². The van der Waals surface area contributed by atoms with Gasteiger partial charge in [-0.2, -0.15) is 0 Å². The van der Waals surface area contributed by atoms with Crippen molar-refractivity contribution in [1.29, 1.82) is 0 Å². The molecule has 7 heteroatoms. The molecule has 0 N–H and O–H groups in total. The quantitative estimate of drug-likeness (QED) is 0.790. The first-order chi connectivity index (χ1) is 11.5. The molecule has 7 nitrogen and oxygen atoms in total. The average molecular weight is 336 g/mol. The molecule has 1 aromatic rings. The summed E-state index contributed by atoms with van der Waals surface area (Å²) in [6.07, 6.45) is 6.88. The summed E-state index contributed by atoms with van der Waals surface area (Å²) < 4.78 is 14.0. The summed E-state index contributed by atoms with van der Waals surface area (Å²) in [7, 11) is 5.52. The van der Waals surface area contributed by atoms with Gasteiger partial charge in [0.05, 0.1) is 24.9 Å². The summed E-state index contributed by atoms with van der Waals surface area (Å²) in [5, 5.41) is 0. The lowest BCUT2D eigenvalue weighted by atomic mass is 9.89. The fourth-order valence-electron chi connectivity index (χ4n) is 3.59. The number of carbonyl (C=O) groups is 1. The SMILES string of the molecule is CN(C)C(=O)CO[C@H]1CO[C@]2(CCCN(Cc3nccn3C)C2)C1. The van der Waals surface area contributed by atoms with E-state index in [0.717, 1.165) is 44.7 Å². The van der Waals surface area contributed by atoms with Crippen molar-refractivity contribution in [2.24, 2.45) is 7.05 Å². The molecule has 2 saturated heterocycles. The highest BCUT2D eigenvalue weighted by Crippen LogP contribution is 2.36. The maximum Gasteiger partial charge on any atom is 0.248 e. The Hall–Kier alpha value is -1.44. The van der Waals surface area contributed by atoms with Crippen LogP contribution >= 0.6 is 0 Å². The monoisotopic (exact) mass is 336 g/mol. The van der Waals surface area contributed by atoms with E-state index in [4.69, 9.17) is 9.47 Å². The number of carbonyl (C=O) groups excluding carboxylic acids is 1. The molecule has 0 radical (unpaired) electrons. The van der Waals surface area contributed by atoms with E-state index < -0.39 is 0 Å². The van der Waals surface area contributed by atoms with Crippen LogP contribution < -0.4 is 0 Å². The van der Waals surface area contributed by atoms with Gasteiger partial charge < -0.3 is 18.9 Å². The number of likely N-dealkylation sites (N-methyl/N-ethyl adjacent to an activating group) is 1. The predicted molar refractivity (Wildman–Crippen MR) is 89.5 cm³/mol. The molecule has 0 aliphatic carbocycles. The molecule has 0 unspecified atom stereocenters. The number of hydrogen-bond acceptors (Lipinski definition) is 5. The molecule has 0 aromatic carbocycles. The molecule has 0 bridgehead atoms. The summed E-state index contributed by atoms with van der Waals surface area (Å²) in [6, 6.07) is 0. The van der Waals surface area contributed by atoms with Crippen LogP contribution in [0.5, 0.6) is 0 Å². The Kier molecular flexibility index (Phi) is 5.22. The molecule has 2 aliphatic heterocycles. The average Bonchev–Trinajstić information content (AvgIpc) is 3.12.